The van der Waals surface area contributed by atoms with Crippen molar-refractivity contribution in [2.75, 3.05) is 25.0 Å². The molecule has 1 fully saturated rings. The second-order valence-corrected chi connectivity index (χ2v) is 5.49. The lowest BCUT2D eigenvalue weighted by molar-refractivity contribution is 0.555. The first-order valence-corrected chi connectivity index (χ1v) is 7.37. The molecule has 0 aliphatic carbocycles. The predicted molar refractivity (Wildman–Crippen MR) is 79.5 cm³/mol. The van der Waals surface area contributed by atoms with Crippen LogP contribution < -0.4 is 10.2 Å². The van der Waals surface area contributed by atoms with E-state index in [1.165, 1.54) is 56.4 Å². The third-order valence-electron chi connectivity index (χ3n) is 3.61. The van der Waals surface area contributed by atoms with Gasteiger partial charge in [-0.3, -0.25) is 0 Å². The minimum Gasteiger partial charge on any atom is -0.371 e. The van der Waals surface area contributed by atoms with Crippen molar-refractivity contribution >= 4 is 17.3 Å². The number of anilines is 1. The van der Waals surface area contributed by atoms with Gasteiger partial charge in [0.15, 0.2) is 0 Å². The third kappa shape index (κ3) is 3.63. The van der Waals surface area contributed by atoms with Crippen molar-refractivity contribution in [1.29, 1.82) is 0 Å². The number of hydrogen-bond donors (Lipinski definition) is 1. The standard InChI is InChI=1S/C15H23ClN2/c1-17-12-13-11-14(16)7-8-15(13)18-9-5-3-2-4-6-10-18/h7-8,11,17H,2-6,9-10,12H2,1H3. The first-order chi connectivity index (χ1) is 8.81. The van der Waals surface area contributed by atoms with E-state index in [1.54, 1.807) is 0 Å². The number of halogens is 1. The molecule has 18 heavy (non-hydrogen) atoms. The van der Waals surface area contributed by atoms with Crippen molar-refractivity contribution < 1.29 is 0 Å². The van der Waals surface area contributed by atoms with Crippen LogP contribution in [0.2, 0.25) is 5.02 Å². The van der Waals surface area contributed by atoms with Crippen LogP contribution in [-0.2, 0) is 6.54 Å². The summed E-state index contributed by atoms with van der Waals surface area (Å²) in [5.41, 5.74) is 2.67. The van der Waals surface area contributed by atoms with Gasteiger partial charge in [0.25, 0.3) is 0 Å². The lowest BCUT2D eigenvalue weighted by atomic mass is 10.1. The molecule has 0 radical (unpaired) electrons. The largest absolute Gasteiger partial charge is 0.371 e. The zero-order chi connectivity index (χ0) is 12.8. The minimum absolute atomic E-state index is 0.830. The summed E-state index contributed by atoms with van der Waals surface area (Å²) in [6, 6.07) is 6.28. The number of nitrogens with zero attached hydrogens (tertiary/aromatic N) is 1. The van der Waals surface area contributed by atoms with Crippen LogP contribution in [0.5, 0.6) is 0 Å². The molecule has 1 aliphatic rings. The molecule has 2 rings (SSSR count). The van der Waals surface area contributed by atoms with E-state index in [0.29, 0.717) is 0 Å². The highest BCUT2D eigenvalue weighted by atomic mass is 35.5. The second kappa shape index (κ2) is 7.01. The Morgan fingerprint density at radius 1 is 1.11 bits per heavy atom. The molecule has 1 N–H and O–H groups in total. The van der Waals surface area contributed by atoms with E-state index >= 15 is 0 Å². The Morgan fingerprint density at radius 2 is 1.78 bits per heavy atom. The Bertz CT molecular complexity index is 371. The fourth-order valence-corrected chi connectivity index (χ4v) is 2.88. The van der Waals surface area contributed by atoms with E-state index in [4.69, 9.17) is 11.6 Å². The number of rotatable bonds is 3. The molecule has 1 aromatic rings. The van der Waals surface area contributed by atoms with Crippen molar-refractivity contribution in [3.05, 3.63) is 28.8 Å². The van der Waals surface area contributed by atoms with Crippen molar-refractivity contribution in [2.24, 2.45) is 0 Å². The Hall–Kier alpha value is -0.730. The molecule has 0 saturated carbocycles. The molecule has 1 saturated heterocycles. The molecule has 100 valence electrons. The van der Waals surface area contributed by atoms with Crippen LogP contribution in [0.1, 0.15) is 37.7 Å². The Kier molecular flexibility index (Phi) is 5.33. The summed E-state index contributed by atoms with van der Waals surface area (Å²) in [4.78, 5) is 2.53. The molecule has 0 unspecified atom stereocenters. The Balaban J connectivity index is 2.18. The van der Waals surface area contributed by atoms with E-state index in [0.717, 1.165) is 11.6 Å². The summed E-state index contributed by atoms with van der Waals surface area (Å²) in [5, 5.41) is 4.06. The maximum Gasteiger partial charge on any atom is 0.0412 e. The molecule has 1 aliphatic heterocycles. The van der Waals surface area contributed by atoms with Crippen molar-refractivity contribution in [3.63, 3.8) is 0 Å². The van der Waals surface area contributed by atoms with Gasteiger partial charge in [0.05, 0.1) is 0 Å². The van der Waals surface area contributed by atoms with Crippen molar-refractivity contribution in [2.45, 2.75) is 38.6 Å². The molecule has 2 nitrogen and oxygen atoms in total. The van der Waals surface area contributed by atoms with E-state index in [1.807, 2.05) is 13.1 Å². The van der Waals surface area contributed by atoms with Gasteiger partial charge < -0.3 is 10.2 Å². The van der Waals surface area contributed by atoms with Crippen LogP contribution in [0.4, 0.5) is 5.69 Å². The SMILES string of the molecule is CNCc1cc(Cl)ccc1N1CCCCCCC1. The van der Waals surface area contributed by atoms with E-state index in [9.17, 15) is 0 Å². The quantitative estimate of drug-likeness (QED) is 0.895. The minimum atomic E-state index is 0.830. The fraction of sp³-hybridized carbons (Fsp3) is 0.600. The van der Waals surface area contributed by atoms with Gasteiger partial charge >= 0.3 is 0 Å². The van der Waals surface area contributed by atoms with Gasteiger partial charge in [0.2, 0.25) is 0 Å². The first-order valence-electron chi connectivity index (χ1n) is 6.99. The van der Waals surface area contributed by atoms with Crippen LogP contribution in [-0.4, -0.2) is 20.1 Å². The van der Waals surface area contributed by atoms with Crippen LogP contribution in [0.3, 0.4) is 0 Å². The first kappa shape index (κ1) is 13.7. The average molecular weight is 267 g/mol. The number of nitrogens with one attached hydrogen (secondary N) is 1. The van der Waals surface area contributed by atoms with E-state index < -0.39 is 0 Å². The Morgan fingerprint density at radius 3 is 2.44 bits per heavy atom. The monoisotopic (exact) mass is 266 g/mol. The van der Waals surface area contributed by atoms with Crippen LogP contribution >= 0.6 is 11.6 Å². The second-order valence-electron chi connectivity index (χ2n) is 5.06. The fourth-order valence-electron chi connectivity index (χ4n) is 2.68. The van der Waals surface area contributed by atoms with Gasteiger partial charge in [-0.15, -0.1) is 0 Å². The summed E-state index contributed by atoms with van der Waals surface area (Å²) in [6.45, 7) is 3.24. The van der Waals surface area contributed by atoms with Gasteiger partial charge in [0, 0.05) is 30.3 Å². The van der Waals surface area contributed by atoms with E-state index in [2.05, 4.69) is 22.3 Å². The molecule has 1 aromatic carbocycles. The molecular formula is C15H23ClN2. The number of hydrogen-bond acceptors (Lipinski definition) is 2. The third-order valence-corrected chi connectivity index (χ3v) is 3.84. The van der Waals surface area contributed by atoms with Crippen molar-refractivity contribution in [3.8, 4) is 0 Å². The molecular weight excluding hydrogens is 244 g/mol. The maximum absolute atomic E-state index is 6.10. The maximum atomic E-state index is 6.10. The molecule has 0 amide bonds. The predicted octanol–water partition coefficient (Wildman–Crippen LogP) is 3.83. The molecule has 1 heterocycles. The molecule has 0 atom stereocenters. The summed E-state index contributed by atoms with van der Waals surface area (Å²) < 4.78 is 0. The molecule has 0 aromatic heterocycles. The molecule has 0 spiro atoms. The summed E-state index contributed by atoms with van der Waals surface area (Å²) in [6.07, 6.45) is 6.75. The molecule has 0 bridgehead atoms. The van der Waals surface area contributed by atoms with Crippen LogP contribution in [0.25, 0.3) is 0 Å². The van der Waals surface area contributed by atoms with Gasteiger partial charge in [0.1, 0.15) is 0 Å². The zero-order valence-corrected chi connectivity index (χ0v) is 12.0. The van der Waals surface area contributed by atoms with Gasteiger partial charge in [-0.2, -0.15) is 0 Å². The molecule has 3 heteroatoms. The summed E-state index contributed by atoms with van der Waals surface area (Å²) in [5.74, 6) is 0. The normalized spacial score (nSPS) is 17.3. The van der Waals surface area contributed by atoms with Gasteiger partial charge in [-0.05, 0) is 43.7 Å². The highest BCUT2D eigenvalue weighted by Crippen LogP contribution is 2.26. The van der Waals surface area contributed by atoms with Gasteiger partial charge in [-0.1, -0.05) is 30.9 Å². The van der Waals surface area contributed by atoms with Crippen LogP contribution in [0, 0.1) is 0 Å². The van der Waals surface area contributed by atoms with Crippen LogP contribution in [0.15, 0.2) is 18.2 Å². The van der Waals surface area contributed by atoms with Crippen molar-refractivity contribution in [1.82, 2.24) is 5.32 Å². The highest BCUT2D eigenvalue weighted by molar-refractivity contribution is 6.30. The summed E-state index contributed by atoms with van der Waals surface area (Å²) in [7, 11) is 1.98. The smallest absolute Gasteiger partial charge is 0.0412 e. The van der Waals surface area contributed by atoms with Gasteiger partial charge in [-0.25, -0.2) is 0 Å². The Labute approximate surface area is 115 Å². The lowest BCUT2D eigenvalue weighted by Crippen LogP contribution is -2.28. The summed E-state index contributed by atoms with van der Waals surface area (Å²) >= 11 is 6.10. The zero-order valence-electron chi connectivity index (χ0n) is 11.2. The lowest BCUT2D eigenvalue weighted by Gasteiger charge is -2.29. The topological polar surface area (TPSA) is 15.3 Å². The highest BCUT2D eigenvalue weighted by Gasteiger charge is 2.12. The average Bonchev–Trinajstić information content (AvgIpc) is 2.30. The van der Waals surface area contributed by atoms with E-state index in [-0.39, 0.29) is 0 Å². The number of benzene rings is 1.